The quantitative estimate of drug-likeness (QED) is 0.737. The molecular weight excluding hydrogens is 369 g/mol. The van der Waals surface area contributed by atoms with Gasteiger partial charge in [-0.15, -0.1) is 11.8 Å². The fraction of sp³-hybridized carbons (Fsp3) is 0.467. The van der Waals surface area contributed by atoms with Crippen molar-refractivity contribution in [1.82, 2.24) is 14.1 Å². The number of benzene rings is 1. The second-order valence-corrected chi connectivity index (χ2v) is 8.70. The summed E-state index contributed by atoms with van der Waals surface area (Å²) in [7, 11) is -3.70. The lowest BCUT2D eigenvalue weighted by molar-refractivity contribution is -0.138. The van der Waals surface area contributed by atoms with E-state index < -0.39 is 15.8 Å². The third-order valence-corrected chi connectivity index (χ3v) is 7.05. The van der Waals surface area contributed by atoms with Gasteiger partial charge in [0, 0.05) is 26.2 Å². The van der Waals surface area contributed by atoms with Gasteiger partial charge in [-0.1, -0.05) is 0 Å². The van der Waals surface area contributed by atoms with E-state index in [4.69, 9.17) is 0 Å². The van der Waals surface area contributed by atoms with Gasteiger partial charge in [0.2, 0.25) is 21.8 Å². The number of hydrogen-bond acceptors (Lipinski definition) is 5. The van der Waals surface area contributed by atoms with Gasteiger partial charge >= 0.3 is 0 Å². The van der Waals surface area contributed by atoms with Crippen molar-refractivity contribution in [3.8, 4) is 0 Å². The first kappa shape index (κ1) is 18.2. The molecule has 136 valence electrons. The van der Waals surface area contributed by atoms with Gasteiger partial charge in [0.25, 0.3) is 0 Å². The molecule has 0 radical (unpaired) electrons. The van der Waals surface area contributed by atoms with E-state index in [1.165, 1.54) is 33.1 Å². The number of sulfonamides is 1. The molecule has 2 saturated heterocycles. The molecule has 25 heavy (non-hydrogen) atoms. The smallest absolute Gasteiger partial charge is 0.243 e. The van der Waals surface area contributed by atoms with E-state index in [-0.39, 0.29) is 49.4 Å². The van der Waals surface area contributed by atoms with Gasteiger partial charge in [-0.2, -0.15) is 4.31 Å². The third kappa shape index (κ3) is 3.96. The summed E-state index contributed by atoms with van der Waals surface area (Å²) in [5, 5.41) is 0. The number of thioether (sulfide) groups is 1. The van der Waals surface area contributed by atoms with Crippen molar-refractivity contribution in [3.05, 3.63) is 30.1 Å². The van der Waals surface area contributed by atoms with E-state index in [9.17, 15) is 22.4 Å². The Bertz CT molecular complexity index is 761. The highest BCUT2D eigenvalue weighted by Gasteiger charge is 2.31. The normalized spacial score (nSPS) is 19.5. The van der Waals surface area contributed by atoms with Gasteiger partial charge < -0.3 is 9.80 Å². The molecule has 2 fully saturated rings. The summed E-state index contributed by atoms with van der Waals surface area (Å²) in [5.41, 5.74) is 0. The molecule has 7 nitrogen and oxygen atoms in total. The second-order valence-electron chi connectivity index (χ2n) is 5.81. The molecular formula is C15H18FN3O4S2. The zero-order valence-electron chi connectivity index (χ0n) is 13.4. The van der Waals surface area contributed by atoms with Gasteiger partial charge in [-0.25, -0.2) is 12.8 Å². The Hall–Kier alpha value is -1.65. The molecule has 0 atom stereocenters. The number of amides is 2. The topological polar surface area (TPSA) is 78.0 Å². The van der Waals surface area contributed by atoms with E-state index in [2.05, 4.69) is 0 Å². The van der Waals surface area contributed by atoms with Crippen LogP contribution >= 0.6 is 11.8 Å². The molecule has 2 heterocycles. The molecule has 0 unspecified atom stereocenters. The summed E-state index contributed by atoms with van der Waals surface area (Å²) in [6.45, 7) is 0.932. The molecule has 0 aliphatic carbocycles. The van der Waals surface area contributed by atoms with Crippen LogP contribution < -0.4 is 0 Å². The number of hydrogen-bond donors (Lipinski definition) is 0. The van der Waals surface area contributed by atoms with Crippen molar-refractivity contribution in [1.29, 1.82) is 0 Å². The minimum Gasteiger partial charge on any atom is -0.339 e. The zero-order chi connectivity index (χ0) is 18.0. The molecule has 0 bridgehead atoms. The van der Waals surface area contributed by atoms with Crippen molar-refractivity contribution in [2.24, 2.45) is 0 Å². The minimum atomic E-state index is -3.70. The Morgan fingerprint density at radius 1 is 1.12 bits per heavy atom. The first-order chi connectivity index (χ1) is 11.9. The zero-order valence-corrected chi connectivity index (χ0v) is 15.1. The van der Waals surface area contributed by atoms with E-state index >= 15 is 0 Å². The lowest BCUT2D eigenvalue weighted by Gasteiger charge is -2.34. The highest BCUT2D eigenvalue weighted by atomic mass is 32.2. The SMILES string of the molecule is O=C(CN1CSCC1=O)N1CCN(S(=O)(=O)c2ccc(F)cc2)CC1. The van der Waals surface area contributed by atoms with Gasteiger partial charge in [-0.05, 0) is 24.3 Å². The minimum absolute atomic E-state index is 0.0355. The molecule has 1 aromatic carbocycles. The van der Waals surface area contributed by atoms with Crippen molar-refractivity contribution in [2.45, 2.75) is 4.90 Å². The molecule has 10 heteroatoms. The predicted molar refractivity (Wildman–Crippen MR) is 90.8 cm³/mol. The van der Waals surface area contributed by atoms with Crippen LogP contribution in [-0.4, -0.2) is 78.7 Å². The molecule has 0 spiro atoms. The van der Waals surface area contributed by atoms with Gasteiger partial charge in [0.05, 0.1) is 16.5 Å². The maximum Gasteiger partial charge on any atom is 0.243 e. The van der Waals surface area contributed by atoms with Crippen molar-refractivity contribution < 1.29 is 22.4 Å². The first-order valence-corrected chi connectivity index (χ1v) is 10.4. The molecule has 0 saturated carbocycles. The second kappa shape index (κ2) is 7.30. The number of nitrogens with zero attached hydrogens (tertiary/aromatic N) is 3. The molecule has 2 aliphatic heterocycles. The van der Waals surface area contributed by atoms with Crippen molar-refractivity contribution in [3.63, 3.8) is 0 Å². The Balaban J connectivity index is 1.58. The Labute approximate surface area is 149 Å². The molecule has 0 N–H and O–H groups in total. The molecule has 3 rings (SSSR count). The molecule has 0 aromatic heterocycles. The Morgan fingerprint density at radius 3 is 2.32 bits per heavy atom. The number of carbonyl (C=O) groups is 2. The lowest BCUT2D eigenvalue weighted by atomic mass is 10.3. The lowest BCUT2D eigenvalue weighted by Crippen LogP contribution is -2.52. The summed E-state index contributed by atoms with van der Waals surface area (Å²) in [4.78, 5) is 27.0. The summed E-state index contributed by atoms with van der Waals surface area (Å²) < 4.78 is 39.3. The predicted octanol–water partition coefficient (Wildman–Crippen LogP) is 0.192. The van der Waals surface area contributed by atoms with Crippen LogP contribution in [0.3, 0.4) is 0 Å². The Morgan fingerprint density at radius 2 is 1.76 bits per heavy atom. The maximum absolute atomic E-state index is 13.0. The first-order valence-electron chi connectivity index (χ1n) is 7.77. The maximum atomic E-state index is 13.0. The number of piperazine rings is 1. The number of halogens is 1. The fourth-order valence-corrected chi connectivity index (χ4v) is 5.06. The van der Waals surface area contributed by atoms with Crippen molar-refractivity contribution in [2.75, 3.05) is 44.4 Å². The van der Waals surface area contributed by atoms with Crippen LogP contribution in [0.2, 0.25) is 0 Å². The van der Waals surface area contributed by atoms with Crippen molar-refractivity contribution >= 4 is 33.6 Å². The van der Waals surface area contributed by atoms with Crippen LogP contribution in [0.15, 0.2) is 29.2 Å². The van der Waals surface area contributed by atoms with Gasteiger partial charge in [0.15, 0.2) is 0 Å². The molecule has 2 amide bonds. The summed E-state index contributed by atoms with van der Waals surface area (Å²) in [6.07, 6.45) is 0. The van der Waals surface area contributed by atoms with Crippen LogP contribution in [-0.2, 0) is 19.6 Å². The number of rotatable bonds is 4. The highest BCUT2D eigenvalue weighted by molar-refractivity contribution is 8.00. The van der Waals surface area contributed by atoms with Crippen LogP contribution in [0.5, 0.6) is 0 Å². The monoisotopic (exact) mass is 387 g/mol. The average Bonchev–Trinajstić information content (AvgIpc) is 3.00. The largest absolute Gasteiger partial charge is 0.339 e. The Kier molecular flexibility index (Phi) is 5.30. The fourth-order valence-electron chi connectivity index (χ4n) is 2.74. The van der Waals surface area contributed by atoms with Crippen LogP contribution in [0.25, 0.3) is 0 Å². The third-order valence-electron chi connectivity index (χ3n) is 4.19. The summed E-state index contributed by atoms with van der Waals surface area (Å²) >= 11 is 1.47. The standard InChI is InChI=1S/C15H18FN3O4S2/c16-12-1-3-13(4-2-12)25(22,23)19-7-5-17(6-8-19)14(20)9-18-11-24-10-15(18)21/h1-4H,5-11H2. The van der Waals surface area contributed by atoms with Gasteiger partial charge in [-0.3, -0.25) is 9.59 Å². The number of carbonyl (C=O) groups excluding carboxylic acids is 2. The molecule has 2 aliphatic rings. The van der Waals surface area contributed by atoms with Crippen LogP contribution in [0.1, 0.15) is 0 Å². The highest BCUT2D eigenvalue weighted by Crippen LogP contribution is 2.19. The van der Waals surface area contributed by atoms with Gasteiger partial charge in [0.1, 0.15) is 12.4 Å². The van der Waals surface area contributed by atoms with E-state index in [1.807, 2.05) is 0 Å². The average molecular weight is 387 g/mol. The van der Waals surface area contributed by atoms with Crippen LogP contribution in [0, 0.1) is 5.82 Å². The van der Waals surface area contributed by atoms with Crippen LogP contribution in [0.4, 0.5) is 4.39 Å². The van der Waals surface area contributed by atoms with E-state index in [0.717, 1.165) is 12.1 Å². The molecule has 1 aromatic rings. The van der Waals surface area contributed by atoms with E-state index in [0.29, 0.717) is 11.6 Å². The summed E-state index contributed by atoms with van der Waals surface area (Å²) in [6, 6.07) is 4.69. The summed E-state index contributed by atoms with van der Waals surface area (Å²) in [5.74, 6) is 0.204. The van der Waals surface area contributed by atoms with E-state index in [1.54, 1.807) is 4.90 Å².